The quantitative estimate of drug-likeness (QED) is 0.748. The highest BCUT2D eigenvalue weighted by molar-refractivity contribution is 14.1. The Morgan fingerprint density at radius 3 is 2.46 bits per heavy atom. The maximum absolute atomic E-state index is 12.3. The molecule has 1 rings (SSSR count). The SMILES string of the molecule is Cc1c(C(F)(F)F)ncc(N)c1I. The molecule has 0 amide bonds. The van der Waals surface area contributed by atoms with Crippen molar-refractivity contribution >= 4 is 28.3 Å². The highest BCUT2D eigenvalue weighted by Gasteiger charge is 2.35. The molecule has 0 spiro atoms. The van der Waals surface area contributed by atoms with Crippen LogP contribution < -0.4 is 5.73 Å². The van der Waals surface area contributed by atoms with Crippen LogP contribution in [0.15, 0.2) is 6.20 Å². The van der Waals surface area contributed by atoms with Crippen LogP contribution in [0.3, 0.4) is 0 Å². The average Bonchev–Trinajstić information content (AvgIpc) is 1.98. The number of nitrogens with two attached hydrogens (primary N) is 1. The molecule has 0 saturated carbocycles. The van der Waals surface area contributed by atoms with Crippen molar-refractivity contribution < 1.29 is 13.2 Å². The maximum atomic E-state index is 12.3. The van der Waals surface area contributed by atoms with E-state index in [1.807, 2.05) is 0 Å². The fourth-order valence-corrected chi connectivity index (χ4v) is 1.29. The van der Waals surface area contributed by atoms with E-state index < -0.39 is 11.9 Å². The van der Waals surface area contributed by atoms with Gasteiger partial charge in [0.15, 0.2) is 0 Å². The normalized spacial score (nSPS) is 11.8. The lowest BCUT2D eigenvalue weighted by Crippen LogP contribution is -2.12. The summed E-state index contributed by atoms with van der Waals surface area (Å²) in [4.78, 5) is 3.26. The molecular formula is C7H6F3IN2. The summed E-state index contributed by atoms with van der Waals surface area (Å²) in [6.07, 6.45) is -3.38. The summed E-state index contributed by atoms with van der Waals surface area (Å²) in [6, 6.07) is 0. The first-order chi connectivity index (χ1) is 5.84. The van der Waals surface area contributed by atoms with Crippen molar-refractivity contribution in [3.8, 4) is 0 Å². The smallest absolute Gasteiger partial charge is 0.397 e. The average molecular weight is 302 g/mol. The highest BCUT2D eigenvalue weighted by atomic mass is 127. The standard InChI is InChI=1S/C7H6F3IN2/c1-3-5(11)4(12)2-13-6(3)7(8,9)10/h2H,12H2,1H3. The third kappa shape index (κ3) is 2.04. The fourth-order valence-electron chi connectivity index (χ4n) is 0.894. The molecule has 0 bridgehead atoms. The molecule has 6 heteroatoms. The number of nitrogen functional groups attached to an aromatic ring is 1. The van der Waals surface area contributed by atoms with Crippen molar-refractivity contribution in [3.63, 3.8) is 0 Å². The molecule has 1 heterocycles. The van der Waals surface area contributed by atoms with Gasteiger partial charge in [0.1, 0.15) is 5.69 Å². The van der Waals surface area contributed by atoms with Crippen LogP contribution in [0, 0.1) is 10.5 Å². The third-order valence-electron chi connectivity index (χ3n) is 1.54. The van der Waals surface area contributed by atoms with Crippen LogP contribution in [-0.4, -0.2) is 4.98 Å². The predicted molar refractivity (Wildman–Crippen MR) is 51.1 cm³/mol. The van der Waals surface area contributed by atoms with E-state index in [1.54, 1.807) is 22.6 Å². The van der Waals surface area contributed by atoms with Crippen LogP contribution in [0.25, 0.3) is 0 Å². The predicted octanol–water partition coefficient (Wildman–Crippen LogP) is 2.60. The molecule has 0 aliphatic rings. The molecule has 2 N–H and O–H groups in total. The number of rotatable bonds is 0. The Labute approximate surface area is 86.5 Å². The first-order valence-electron chi connectivity index (χ1n) is 3.32. The van der Waals surface area contributed by atoms with Gasteiger partial charge in [-0.05, 0) is 35.1 Å². The van der Waals surface area contributed by atoms with Gasteiger partial charge >= 0.3 is 6.18 Å². The number of nitrogens with zero attached hydrogens (tertiary/aromatic N) is 1. The van der Waals surface area contributed by atoms with Crippen LogP contribution in [0.5, 0.6) is 0 Å². The number of anilines is 1. The van der Waals surface area contributed by atoms with E-state index in [9.17, 15) is 13.2 Å². The van der Waals surface area contributed by atoms with Gasteiger partial charge in [-0.1, -0.05) is 0 Å². The molecule has 13 heavy (non-hydrogen) atoms. The van der Waals surface area contributed by atoms with E-state index >= 15 is 0 Å². The Hall–Kier alpha value is -0.530. The minimum atomic E-state index is -4.41. The molecule has 1 aromatic rings. The molecule has 0 unspecified atom stereocenters. The van der Waals surface area contributed by atoms with Crippen molar-refractivity contribution in [2.24, 2.45) is 0 Å². The monoisotopic (exact) mass is 302 g/mol. The van der Waals surface area contributed by atoms with E-state index in [4.69, 9.17) is 5.73 Å². The van der Waals surface area contributed by atoms with E-state index in [2.05, 4.69) is 4.98 Å². The summed E-state index contributed by atoms with van der Waals surface area (Å²) >= 11 is 1.77. The van der Waals surface area contributed by atoms with Gasteiger partial charge in [-0.15, -0.1) is 0 Å². The largest absolute Gasteiger partial charge is 0.433 e. The third-order valence-corrected chi connectivity index (χ3v) is 2.97. The lowest BCUT2D eigenvalue weighted by molar-refractivity contribution is -0.141. The van der Waals surface area contributed by atoms with Crippen LogP contribution in [-0.2, 0) is 6.18 Å². The Balaban J connectivity index is 3.35. The van der Waals surface area contributed by atoms with Gasteiger partial charge in [0.25, 0.3) is 0 Å². The van der Waals surface area contributed by atoms with Gasteiger partial charge in [-0.25, -0.2) is 4.98 Å². The molecular weight excluding hydrogens is 296 g/mol. The summed E-state index contributed by atoms with van der Waals surface area (Å²) < 4.78 is 37.2. The molecule has 72 valence electrons. The number of halogens is 4. The van der Waals surface area contributed by atoms with Gasteiger partial charge in [0.05, 0.1) is 11.9 Å². The van der Waals surface area contributed by atoms with Gasteiger partial charge in [-0.3, -0.25) is 0 Å². The Kier molecular flexibility index (Phi) is 2.69. The van der Waals surface area contributed by atoms with Gasteiger partial charge in [0.2, 0.25) is 0 Å². The van der Waals surface area contributed by atoms with Crippen LogP contribution in [0.2, 0.25) is 0 Å². The van der Waals surface area contributed by atoms with Crippen molar-refractivity contribution in [2.75, 3.05) is 5.73 Å². The highest BCUT2D eigenvalue weighted by Crippen LogP contribution is 2.33. The summed E-state index contributed by atoms with van der Waals surface area (Å²) in [5.74, 6) is 0. The lowest BCUT2D eigenvalue weighted by Gasteiger charge is -2.11. The Morgan fingerprint density at radius 1 is 1.46 bits per heavy atom. The van der Waals surface area contributed by atoms with Crippen molar-refractivity contribution in [1.82, 2.24) is 4.98 Å². The molecule has 0 atom stereocenters. The second-order valence-electron chi connectivity index (χ2n) is 2.50. The minimum Gasteiger partial charge on any atom is -0.397 e. The van der Waals surface area contributed by atoms with Crippen molar-refractivity contribution in [3.05, 3.63) is 21.0 Å². The van der Waals surface area contributed by atoms with Gasteiger partial charge in [0, 0.05) is 3.57 Å². The molecule has 1 aromatic heterocycles. The topological polar surface area (TPSA) is 38.9 Å². The zero-order chi connectivity index (χ0) is 10.2. The van der Waals surface area contributed by atoms with E-state index in [0.717, 1.165) is 6.20 Å². The number of aromatic nitrogens is 1. The molecule has 0 fully saturated rings. The number of hydrogen-bond acceptors (Lipinski definition) is 2. The first-order valence-corrected chi connectivity index (χ1v) is 4.39. The maximum Gasteiger partial charge on any atom is 0.433 e. The van der Waals surface area contributed by atoms with Gasteiger partial charge in [-0.2, -0.15) is 13.2 Å². The summed E-state index contributed by atoms with van der Waals surface area (Å²) in [5, 5.41) is 0. The lowest BCUT2D eigenvalue weighted by atomic mass is 10.2. The van der Waals surface area contributed by atoms with Crippen molar-refractivity contribution in [1.29, 1.82) is 0 Å². The zero-order valence-electron chi connectivity index (χ0n) is 6.61. The number of pyridine rings is 1. The molecule has 0 aliphatic heterocycles. The van der Waals surface area contributed by atoms with Crippen LogP contribution in [0.4, 0.5) is 18.9 Å². The zero-order valence-corrected chi connectivity index (χ0v) is 8.77. The number of hydrogen-bond donors (Lipinski definition) is 1. The Bertz CT molecular complexity index is 335. The van der Waals surface area contributed by atoms with E-state index in [1.165, 1.54) is 6.92 Å². The fraction of sp³-hybridized carbons (Fsp3) is 0.286. The molecule has 0 radical (unpaired) electrons. The van der Waals surface area contributed by atoms with E-state index in [0.29, 0.717) is 3.57 Å². The molecule has 0 aliphatic carbocycles. The molecule has 0 aromatic carbocycles. The Morgan fingerprint density at radius 2 is 2.00 bits per heavy atom. The van der Waals surface area contributed by atoms with Crippen LogP contribution >= 0.6 is 22.6 Å². The molecule has 0 saturated heterocycles. The van der Waals surface area contributed by atoms with Crippen molar-refractivity contribution in [2.45, 2.75) is 13.1 Å². The van der Waals surface area contributed by atoms with Gasteiger partial charge < -0.3 is 5.73 Å². The number of alkyl halides is 3. The summed E-state index contributed by atoms with van der Waals surface area (Å²) in [6.45, 7) is 1.36. The minimum absolute atomic E-state index is 0.0769. The molecule has 2 nitrogen and oxygen atoms in total. The van der Waals surface area contributed by atoms with Crippen LogP contribution in [0.1, 0.15) is 11.3 Å². The summed E-state index contributed by atoms with van der Waals surface area (Å²) in [5.41, 5.74) is 4.87. The summed E-state index contributed by atoms with van der Waals surface area (Å²) in [7, 11) is 0. The second kappa shape index (κ2) is 3.32. The van der Waals surface area contributed by atoms with E-state index in [-0.39, 0.29) is 11.3 Å². The first kappa shape index (κ1) is 10.6. The second-order valence-corrected chi connectivity index (χ2v) is 3.58.